The van der Waals surface area contributed by atoms with Gasteiger partial charge in [0.2, 0.25) is 5.91 Å². The third kappa shape index (κ3) is 3.79. The number of hydrogen-bond donors (Lipinski definition) is 2. The normalized spacial score (nSPS) is 12.1. The molecule has 1 amide bonds. The first kappa shape index (κ1) is 13.5. The van der Waals surface area contributed by atoms with Crippen LogP contribution in [0.1, 0.15) is 12.7 Å². The SMILES string of the molecule is CC(Sc1ccccc1O)C(=O)NCc1ccco1. The van der Waals surface area contributed by atoms with Crippen molar-refractivity contribution in [2.24, 2.45) is 0 Å². The van der Waals surface area contributed by atoms with Crippen LogP contribution in [0.4, 0.5) is 0 Å². The van der Waals surface area contributed by atoms with E-state index in [0.29, 0.717) is 17.2 Å². The number of rotatable bonds is 5. The number of nitrogens with one attached hydrogen (secondary N) is 1. The number of benzene rings is 1. The third-order valence-corrected chi connectivity index (χ3v) is 3.72. The second kappa shape index (κ2) is 6.33. The maximum absolute atomic E-state index is 11.9. The van der Waals surface area contributed by atoms with Crippen LogP contribution in [-0.4, -0.2) is 16.3 Å². The van der Waals surface area contributed by atoms with Crippen LogP contribution >= 0.6 is 11.8 Å². The van der Waals surface area contributed by atoms with E-state index in [-0.39, 0.29) is 16.9 Å². The van der Waals surface area contributed by atoms with E-state index in [2.05, 4.69) is 5.32 Å². The number of para-hydroxylation sites is 1. The Labute approximate surface area is 115 Å². The molecule has 2 aromatic rings. The van der Waals surface area contributed by atoms with Crippen molar-refractivity contribution in [3.8, 4) is 5.75 Å². The molecule has 0 saturated carbocycles. The highest BCUT2D eigenvalue weighted by atomic mass is 32.2. The summed E-state index contributed by atoms with van der Waals surface area (Å²) >= 11 is 1.32. The molecule has 1 heterocycles. The van der Waals surface area contributed by atoms with Gasteiger partial charge in [-0.25, -0.2) is 0 Å². The van der Waals surface area contributed by atoms with Crippen molar-refractivity contribution in [1.29, 1.82) is 0 Å². The van der Waals surface area contributed by atoms with Crippen LogP contribution in [0.2, 0.25) is 0 Å². The Bertz CT molecular complexity index is 539. The second-order valence-corrected chi connectivity index (χ2v) is 5.41. The van der Waals surface area contributed by atoms with Gasteiger partial charge >= 0.3 is 0 Å². The zero-order valence-corrected chi connectivity index (χ0v) is 11.3. The lowest BCUT2D eigenvalue weighted by atomic mass is 10.3. The fraction of sp³-hybridized carbons (Fsp3) is 0.214. The van der Waals surface area contributed by atoms with Gasteiger partial charge in [-0.3, -0.25) is 4.79 Å². The van der Waals surface area contributed by atoms with E-state index in [9.17, 15) is 9.90 Å². The summed E-state index contributed by atoms with van der Waals surface area (Å²) < 4.78 is 5.14. The van der Waals surface area contributed by atoms with Gasteiger partial charge in [0.05, 0.1) is 18.1 Å². The highest BCUT2D eigenvalue weighted by Gasteiger charge is 2.15. The Morgan fingerprint density at radius 2 is 2.16 bits per heavy atom. The zero-order chi connectivity index (χ0) is 13.7. The lowest BCUT2D eigenvalue weighted by Crippen LogP contribution is -2.30. The summed E-state index contributed by atoms with van der Waals surface area (Å²) in [5.74, 6) is 0.816. The molecule has 0 bridgehead atoms. The topological polar surface area (TPSA) is 62.5 Å². The number of carbonyl (C=O) groups is 1. The van der Waals surface area contributed by atoms with Gasteiger partial charge in [0.25, 0.3) is 0 Å². The summed E-state index contributed by atoms with van der Waals surface area (Å²) in [6.07, 6.45) is 1.57. The molecule has 0 spiro atoms. The van der Waals surface area contributed by atoms with E-state index in [1.54, 1.807) is 43.5 Å². The number of phenolic OH excluding ortho intramolecular Hbond substituents is 1. The fourth-order valence-electron chi connectivity index (χ4n) is 1.53. The zero-order valence-electron chi connectivity index (χ0n) is 10.5. The third-order valence-electron chi connectivity index (χ3n) is 2.56. The van der Waals surface area contributed by atoms with Crippen LogP contribution < -0.4 is 5.32 Å². The Morgan fingerprint density at radius 3 is 2.84 bits per heavy atom. The van der Waals surface area contributed by atoms with E-state index in [4.69, 9.17) is 4.42 Å². The molecule has 0 radical (unpaired) electrons. The van der Waals surface area contributed by atoms with Crippen LogP contribution in [-0.2, 0) is 11.3 Å². The minimum absolute atomic E-state index is 0.0929. The average molecular weight is 277 g/mol. The number of hydrogen-bond acceptors (Lipinski definition) is 4. The molecule has 1 atom stereocenters. The van der Waals surface area contributed by atoms with E-state index in [1.807, 2.05) is 6.07 Å². The standard InChI is InChI=1S/C14H15NO3S/c1-10(19-13-7-3-2-6-12(13)16)14(17)15-9-11-5-4-8-18-11/h2-8,10,16H,9H2,1H3,(H,15,17). The molecule has 1 aromatic heterocycles. The second-order valence-electron chi connectivity index (χ2n) is 4.02. The van der Waals surface area contributed by atoms with Gasteiger partial charge in [-0.15, -0.1) is 11.8 Å². The first-order valence-corrected chi connectivity index (χ1v) is 6.79. The molecule has 0 aliphatic rings. The van der Waals surface area contributed by atoms with E-state index in [1.165, 1.54) is 11.8 Å². The molecular weight excluding hydrogens is 262 g/mol. The Balaban J connectivity index is 1.87. The summed E-state index contributed by atoms with van der Waals surface area (Å²) in [4.78, 5) is 12.6. The van der Waals surface area contributed by atoms with Gasteiger partial charge in [0.15, 0.2) is 0 Å². The van der Waals surface area contributed by atoms with Gasteiger partial charge in [-0.1, -0.05) is 12.1 Å². The van der Waals surface area contributed by atoms with Gasteiger partial charge < -0.3 is 14.8 Å². The van der Waals surface area contributed by atoms with E-state index in [0.717, 1.165) is 0 Å². The number of carbonyl (C=O) groups excluding carboxylic acids is 1. The van der Waals surface area contributed by atoms with Crippen LogP contribution in [0.25, 0.3) is 0 Å². The lowest BCUT2D eigenvalue weighted by Gasteiger charge is -2.12. The molecule has 19 heavy (non-hydrogen) atoms. The Hall–Kier alpha value is -1.88. The van der Waals surface area contributed by atoms with Crippen molar-refractivity contribution in [3.63, 3.8) is 0 Å². The molecule has 100 valence electrons. The minimum atomic E-state index is -0.289. The largest absolute Gasteiger partial charge is 0.507 e. The van der Waals surface area contributed by atoms with Gasteiger partial charge in [-0.05, 0) is 31.2 Å². The molecule has 2 rings (SSSR count). The fourth-order valence-corrected chi connectivity index (χ4v) is 2.45. The molecular formula is C14H15NO3S. The highest BCUT2D eigenvalue weighted by Crippen LogP contribution is 2.30. The van der Waals surface area contributed by atoms with Crippen LogP contribution in [0.5, 0.6) is 5.75 Å². The van der Waals surface area contributed by atoms with Gasteiger partial charge in [0.1, 0.15) is 11.5 Å². The Morgan fingerprint density at radius 1 is 1.37 bits per heavy atom. The van der Waals surface area contributed by atoms with Crippen molar-refractivity contribution in [1.82, 2.24) is 5.32 Å². The molecule has 0 aliphatic carbocycles. The maximum atomic E-state index is 11.9. The predicted octanol–water partition coefficient (Wildman–Crippen LogP) is 2.78. The van der Waals surface area contributed by atoms with Crippen LogP contribution in [0, 0.1) is 0 Å². The molecule has 2 N–H and O–H groups in total. The van der Waals surface area contributed by atoms with Crippen molar-refractivity contribution < 1.29 is 14.3 Å². The number of amides is 1. The first-order chi connectivity index (χ1) is 9.16. The average Bonchev–Trinajstić information content (AvgIpc) is 2.91. The first-order valence-electron chi connectivity index (χ1n) is 5.91. The van der Waals surface area contributed by atoms with Crippen molar-refractivity contribution in [2.45, 2.75) is 23.6 Å². The molecule has 0 saturated heterocycles. The predicted molar refractivity (Wildman–Crippen MR) is 74.0 cm³/mol. The summed E-state index contributed by atoms with van der Waals surface area (Å²) in [6, 6.07) is 10.6. The molecule has 1 unspecified atom stereocenters. The van der Waals surface area contributed by atoms with Crippen molar-refractivity contribution in [3.05, 3.63) is 48.4 Å². The summed E-state index contributed by atoms with van der Waals surface area (Å²) in [5, 5.41) is 12.2. The molecule has 5 heteroatoms. The van der Waals surface area contributed by atoms with Crippen LogP contribution in [0.15, 0.2) is 52.0 Å². The molecule has 1 aromatic carbocycles. The van der Waals surface area contributed by atoms with Crippen LogP contribution in [0.3, 0.4) is 0 Å². The van der Waals surface area contributed by atoms with Crippen molar-refractivity contribution in [2.75, 3.05) is 0 Å². The number of aromatic hydroxyl groups is 1. The summed E-state index contributed by atoms with van der Waals surface area (Å²) in [5.41, 5.74) is 0. The van der Waals surface area contributed by atoms with Gasteiger partial charge in [0, 0.05) is 4.90 Å². The summed E-state index contributed by atoms with van der Waals surface area (Å²) in [6.45, 7) is 2.17. The van der Waals surface area contributed by atoms with Crippen molar-refractivity contribution >= 4 is 17.7 Å². The molecule has 0 aliphatic heterocycles. The van der Waals surface area contributed by atoms with Gasteiger partial charge in [-0.2, -0.15) is 0 Å². The quantitative estimate of drug-likeness (QED) is 0.825. The minimum Gasteiger partial charge on any atom is -0.507 e. The number of thioether (sulfide) groups is 1. The summed E-state index contributed by atoms with van der Waals surface area (Å²) in [7, 11) is 0. The lowest BCUT2D eigenvalue weighted by molar-refractivity contribution is -0.120. The van der Waals surface area contributed by atoms with E-state index < -0.39 is 0 Å². The number of furan rings is 1. The van der Waals surface area contributed by atoms with E-state index >= 15 is 0 Å². The maximum Gasteiger partial charge on any atom is 0.233 e. The number of phenols is 1. The molecule has 4 nitrogen and oxygen atoms in total. The Kier molecular flexibility index (Phi) is 4.52. The monoisotopic (exact) mass is 277 g/mol. The highest BCUT2D eigenvalue weighted by molar-refractivity contribution is 8.00. The molecule has 0 fully saturated rings. The smallest absolute Gasteiger partial charge is 0.233 e.